The van der Waals surface area contributed by atoms with Crippen LogP contribution in [0.5, 0.6) is 0 Å². The molecule has 0 saturated carbocycles. The molecule has 2 N–H and O–H groups in total. The number of carbonyl (C=O) groups is 1. The Bertz CT molecular complexity index is 451. The molecular weight excluding hydrogens is 307 g/mol. The van der Waals surface area contributed by atoms with Crippen molar-refractivity contribution in [3.63, 3.8) is 0 Å². The van der Waals surface area contributed by atoms with Gasteiger partial charge in [-0.15, -0.1) is 0 Å². The van der Waals surface area contributed by atoms with Gasteiger partial charge < -0.3 is 5.32 Å². The monoisotopic (exact) mass is 314 g/mol. The molecular formula is C9H7IN4O. The van der Waals surface area contributed by atoms with Gasteiger partial charge in [0.05, 0.1) is 0 Å². The number of nitrogens with one attached hydrogen (secondary N) is 2. The molecule has 5 nitrogen and oxygen atoms in total. The van der Waals surface area contributed by atoms with Crippen LogP contribution in [0.1, 0.15) is 10.6 Å². The molecule has 0 atom stereocenters. The number of H-pyrrole nitrogens is 1. The molecule has 0 saturated heterocycles. The smallest absolute Gasteiger partial charge is 0.292 e. The maximum atomic E-state index is 11.5. The second-order valence-corrected chi connectivity index (χ2v) is 4.04. The van der Waals surface area contributed by atoms with Gasteiger partial charge in [-0.2, -0.15) is 5.10 Å². The minimum Gasteiger partial charge on any atom is -0.319 e. The molecule has 0 radical (unpaired) electrons. The molecule has 0 aliphatic rings. The zero-order chi connectivity index (χ0) is 10.7. The number of nitrogens with zero attached hydrogens (tertiary/aromatic N) is 2. The second kappa shape index (κ2) is 4.39. The minimum atomic E-state index is -0.297. The maximum absolute atomic E-state index is 11.5. The topological polar surface area (TPSA) is 70.7 Å². The fourth-order valence-corrected chi connectivity index (χ4v) is 1.40. The number of halogens is 1. The van der Waals surface area contributed by atoms with Crippen molar-refractivity contribution in [2.75, 3.05) is 5.32 Å². The Morgan fingerprint density at radius 1 is 1.33 bits per heavy atom. The predicted molar refractivity (Wildman–Crippen MR) is 63.5 cm³/mol. The second-order valence-electron chi connectivity index (χ2n) is 2.80. The Hall–Kier alpha value is -1.44. The normalized spacial score (nSPS) is 9.93. The van der Waals surface area contributed by atoms with Gasteiger partial charge in [0, 0.05) is 9.26 Å². The third-order valence-electron chi connectivity index (χ3n) is 1.73. The number of hydrogen-bond donors (Lipinski definition) is 2. The van der Waals surface area contributed by atoms with Crippen LogP contribution in [-0.4, -0.2) is 21.1 Å². The first-order valence-corrected chi connectivity index (χ1v) is 5.26. The lowest BCUT2D eigenvalue weighted by atomic mass is 10.3. The van der Waals surface area contributed by atoms with Gasteiger partial charge in [-0.25, -0.2) is 4.98 Å². The molecule has 15 heavy (non-hydrogen) atoms. The Morgan fingerprint density at radius 2 is 2.07 bits per heavy atom. The molecule has 0 unspecified atom stereocenters. The zero-order valence-electron chi connectivity index (χ0n) is 7.57. The van der Waals surface area contributed by atoms with Gasteiger partial charge in [0.1, 0.15) is 6.33 Å². The molecule has 0 fully saturated rings. The van der Waals surface area contributed by atoms with Crippen LogP contribution < -0.4 is 5.32 Å². The molecule has 6 heteroatoms. The fourth-order valence-electron chi connectivity index (χ4n) is 1.04. The van der Waals surface area contributed by atoms with Crippen molar-refractivity contribution in [2.45, 2.75) is 0 Å². The summed E-state index contributed by atoms with van der Waals surface area (Å²) in [6.45, 7) is 0. The number of rotatable bonds is 2. The third-order valence-corrected chi connectivity index (χ3v) is 2.45. The number of hydrogen-bond acceptors (Lipinski definition) is 3. The van der Waals surface area contributed by atoms with E-state index in [9.17, 15) is 4.79 Å². The lowest BCUT2D eigenvalue weighted by Crippen LogP contribution is -2.13. The van der Waals surface area contributed by atoms with E-state index in [2.05, 4.69) is 43.1 Å². The van der Waals surface area contributed by atoms with E-state index in [-0.39, 0.29) is 11.7 Å². The number of benzene rings is 1. The van der Waals surface area contributed by atoms with Gasteiger partial charge in [0.25, 0.3) is 5.91 Å². The van der Waals surface area contributed by atoms with Crippen molar-refractivity contribution >= 4 is 34.2 Å². The standard InChI is InChI=1S/C9H7IN4O/c10-6-1-3-7(4-2-6)13-9(15)8-11-5-12-14-8/h1-5H,(H,13,15)(H,11,12,14). The Balaban J connectivity index is 2.09. The molecule has 1 aromatic carbocycles. The molecule has 0 spiro atoms. The van der Waals surface area contributed by atoms with E-state index in [1.54, 1.807) is 0 Å². The van der Waals surface area contributed by atoms with E-state index < -0.39 is 0 Å². The van der Waals surface area contributed by atoms with Crippen molar-refractivity contribution in [1.82, 2.24) is 15.2 Å². The summed E-state index contributed by atoms with van der Waals surface area (Å²) in [6.07, 6.45) is 1.29. The van der Waals surface area contributed by atoms with Crippen LogP contribution in [0.3, 0.4) is 0 Å². The lowest BCUT2D eigenvalue weighted by Gasteiger charge is -2.02. The van der Waals surface area contributed by atoms with Crippen molar-refractivity contribution in [2.24, 2.45) is 0 Å². The van der Waals surface area contributed by atoms with Crippen LogP contribution in [0.15, 0.2) is 30.6 Å². The highest BCUT2D eigenvalue weighted by atomic mass is 127. The van der Waals surface area contributed by atoms with Crippen LogP contribution in [0, 0.1) is 3.57 Å². The van der Waals surface area contributed by atoms with Gasteiger partial charge in [-0.1, -0.05) is 0 Å². The third kappa shape index (κ3) is 2.52. The minimum absolute atomic E-state index is 0.202. The van der Waals surface area contributed by atoms with E-state index in [1.165, 1.54) is 6.33 Å². The predicted octanol–water partition coefficient (Wildman–Crippen LogP) is 1.66. The number of anilines is 1. The molecule has 1 heterocycles. The highest BCUT2D eigenvalue weighted by Gasteiger charge is 2.07. The average molecular weight is 314 g/mol. The van der Waals surface area contributed by atoms with Crippen molar-refractivity contribution in [3.05, 3.63) is 40.0 Å². The van der Waals surface area contributed by atoms with E-state index >= 15 is 0 Å². The SMILES string of the molecule is O=C(Nc1ccc(I)cc1)c1ncn[nH]1. The Kier molecular flexibility index (Phi) is 2.95. The van der Waals surface area contributed by atoms with Crippen LogP contribution in [0.2, 0.25) is 0 Å². The molecule has 2 rings (SSSR count). The summed E-state index contributed by atoms with van der Waals surface area (Å²) >= 11 is 2.20. The molecule has 0 bridgehead atoms. The van der Waals surface area contributed by atoms with Crippen LogP contribution in [-0.2, 0) is 0 Å². The number of carbonyl (C=O) groups excluding carboxylic acids is 1. The van der Waals surface area contributed by atoms with Gasteiger partial charge in [0.2, 0.25) is 5.82 Å². The number of aromatic nitrogens is 3. The summed E-state index contributed by atoms with van der Waals surface area (Å²) in [6, 6.07) is 7.49. The van der Waals surface area contributed by atoms with Gasteiger partial charge in [0.15, 0.2) is 0 Å². The van der Waals surface area contributed by atoms with Crippen LogP contribution >= 0.6 is 22.6 Å². The van der Waals surface area contributed by atoms with Crippen LogP contribution in [0.4, 0.5) is 5.69 Å². The molecule has 0 aliphatic heterocycles. The quantitative estimate of drug-likeness (QED) is 0.828. The van der Waals surface area contributed by atoms with Crippen molar-refractivity contribution in [3.8, 4) is 0 Å². The van der Waals surface area contributed by atoms with E-state index in [0.717, 1.165) is 9.26 Å². The fraction of sp³-hybridized carbons (Fsp3) is 0. The van der Waals surface area contributed by atoms with Gasteiger partial charge in [-0.05, 0) is 46.9 Å². The van der Waals surface area contributed by atoms with Crippen molar-refractivity contribution < 1.29 is 4.79 Å². The van der Waals surface area contributed by atoms with E-state index in [1.807, 2.05) is 24.3 Å². The summed E-state index contributed by atoms with van der Waals surface area (Å²) < 4.78 is 1.12. The molecule has 2 aromatic rings. The largest absolute Gasteiger partial charge is 0.319 e. The van der Waals surface area contributed by atoms with Gasteiger partial charge >= 0.3 is 0 Å². The Labute approximate surface area is 99.4 Å². The summed E-state index contributed by atoms with van der Waals surface area (Å²) in [4.78, 5) is 15.3. The summed E-state index contributed by atoms with van der Waals surface area (Å²) in [5.41, 5.74) is 0.733. The maximum Gasteiger partial charge on any atom is 0.292 e. The molecule has 0 aliphatic carbocycles. The van der Waals surface area contributed by atoms with Crippen molar-refractivity contribution in [1.29, 1.82) is 0 Å². The summed E-state index contributed by atoms with van der Waals surface area (Å²) in [5, 5.41) is 8.79. The molecule has 1 aromatic heterocycles. The number of aromatic amines is 1. The summed E-state index contributed by atoms with van der Waals surface area (Å²) in [5.74, 6) is -0.0951. The molecule has 76 valence electrons. The first kappa shape index (κ1) is 10.1. The summed E-state index contributed by atoms with van der Waals surface area (Å²) in [7, 11) is 0. The zero-order valence-corrected chi connectivity index (χ0v) is 9.72. The first-order valence-electron chi connectivity index (χ1n) is 4.18. The first-order chi connectivity index (χ1) is 7.25. The van der Waals surface area contributed by atoms with E-state index in [0.29, 0.717) is 0 Å². The lowest BCUT2D eigenvalue weighted by molar-refractivity contribution is 0.101. The average Bonchev–Trinajstić information content (AvgIpc) is 2.74. The van der Waals surface area contributed by atoms with Gasteiger partial charge in [-0.3, -0.25) is 9.89 Å². The highest BCUT2D eigenvalue weighted by Crippen LogP contribution is 2.11. The molecule has 1 amide bonds. The Morgan fingerprint density at radius 3 is 2.67 bits per heavy atom. The van der Waals surface area contributed by atoms with E-state index in [4.69, 9.17) is 0 Å². The van der Waals surface area contributed by atoms with Crippen LogP contribution in [0.25, 0.3) is 0 Å². The number of amides is 1. The highest BCUT2D eigenvalue weighted by molar-refractivity contribution is 14.1.